The minimum atomic E-state index is 0.288. The van der Waals surface area contributed by atoms with E-state index in [2.05, 4.69) is 45.0 Å². The number of ether oxygens (including phenoxy) is 1. The van der Waals surface area contributed by atoms with Crippen LogP contribution in [0.2, 0.25) is 0 Å². The van der Waals surface area contributed by atoms with Crippen molar-refractivity contribution in [2.24, 2.45) is 5.41 Å². The van der Waals surface area contributed by atoms with Crippen molar-refractivity contribution in [1.29, 1.82) is 0 Å². The van der Waals surface area contributed by atoms with Gasteiger partial charge in [0.2, 0.25) is 0 Å². The quantitative estimate of drug-likeness (QED) is 0.597. The number of likely N-dealkylation sites (N-methyl/N-ethyl adjacent to an activating group) is 1. The Hall–Kier alpha value is -0.120. The van der Waals surface area contributed by atoms with Gasteiger partial charge in [-0.05, 0) is 39.3 Å². The van der Waals surface area contributed by atoms with Crippen LogP contribution in [0.1, 0.15) is 41.0 Å². The van der Waals surface area contributed by atoms with E-state index in [-0.39, 0.29) is 5.41 Å². The molecule has 0 aromatic heterocycles. The first-order valence-electron chi connectivity index (χ1n) is 6.93. The van der Waals surface area contributed by atoms with E-state index < -0.39 is 0 Å². The van der Waals surface area contributed by atoms with E-state index in [1.54, 1.807) is 0 Å². The summed E-state index contributed by atoms with van der Waals surface area (Å²) < 4.78 is 5.39. The normalized spacial score (nSPS) is 14.3. The molecule has 0 rings (SSSR count). The molecule has 1 atom stereocenters. The van der Waals surface area contributed by atoms with Crippen molar-refractivity contribution in [3.8, 4) is 0 Å². The fourth-order valence-electron chi connectivity index (χ4n) is 1.91. The second-order valence-corrected chi connectivity index (χ2v) is 5.60. The van der Waals surface area contributed by atoms with Crippen LogP contribution in [-0.2, 0) is 4.74 Å². The van der Waals surface area contributed by atoms with Gasteiger partial charge in [-0.3, -0.25) is 0 Å². The molecule has 0 aliphatic rings. The molecule has 1 unspecified atom stereocenters. The highest BCUT2D eigenvalue weighted by molar-refractivity contribution is 4.83. The number of rotatable bonds is 10. The van der Waals surface area contributed by atoms with Crippen LogP contribution in [0.3, 0.4) is 0 Å². The van der Waals surface area contributed by atoms with E-state index in [9.17, 15) is 0 Å². The summed E-state index contributed by atoms with van der Waals surface area (Å²) in [6.45, 7) is 16.1. The minimum absolute atomic E-state index is 0.288. The Balaban J connectivity index is 3.95. The van der Waals surface area contributed by atoms with E-state index in [1.165, 1.54) is 6.42 Å². The average Bonchev–Trinajstić information content (AvgIpc) is 2.25. The molecule has 0 amide bonds. The van der Waals surface area contributed by atoms with Gasteiger partial charge in [0.25, 0.3) is 0 Å². The lowest BCUT2D eigenvalue weighted by Gasteiger charge is -2.36. The predicted octanol–water partition coefficient (Wildman–Crippen LogP) is 2.37. The van der Waals surface area contributed by atoms with Gasteiger partial charge in [0.1, 0.15) is 0 Å². The summed E-state index contributed by atoms with van der Waals surface area (Å²) in [4.78, 5) is 2.36. The van der Waals surface area contributed by atoms with Crippen LogP contribution in [0, 0.1) is 5.41 Å². The molecule has 1 N–H and O–H groups in total. The molecule has 0 aromatic carbocycles. The number of hydrogen-bond donors (Lipinski definition) is 1. The second-order valence-electron chi connectivity index (χ2n) is 5.60. The first-order valence-corrected chi connectivity index (χ1v) is 6.93. The highest BCUT2D eigenvalue weighted by atomic mass is 16.5. The molecule has 0 saturated carbocycles. The maximum absolute atomic E-state index is 5.39. The molecule has 0 heterocycles. The molecule has 3 heteroatoms. The lowest BCUT2D eigenvalue weighted by Crippen LogP contribution is -2.46. The van der Waals surface area contributed by atoms with Gasteiger partial charge in [0.15, 0.2) is 0 Å². The SMILES string of the molecule is CCCNC(C)C(C)(C)CN(C)CCOCC. The van der Waals surface area contributed by atoms with Crippen molar-refractivity contribution in [2.45, 2.75) is 47.1 Å². The summed E-state index contributed by atoms with van der Waals surface area (Å²) in [5.74, 6) is 0. The molecule has 3 nitrogen and oxygen atoms in total. The van der Waals surface area contributed by atoms with Crippen LogP contribution in [-0.4, -0.2) is 50.8 Å². The standard InChI is InChI=1S/C14H32N2O/c1-7-9-15-13(3)14(4,5)12-16(6)10-11-17-8-2/h13,15H,7-12H2,1-6H3. The summed E-state index contributed by atoms with van der Waals surface area (Å²) in [5, 5.41) is 3.59. The van der Waals surface area contributed by atoms with Gasteiger partial charge in [-0.15, -0.1) is 0 Å². The molecule has 0 aliphatic carbocycles. The molecule has 0 spiro atoms. The first kappa shape index (κ1) is 16.9. The van der Waals surface area contributed by atoms with E-state index >= 15 is 0 Å². The van der Waals surface area contributed by atoms with Crippen LogP contribution < -0.4 is 5.32 Å². The zero-order valence-electron chi connectivity index (χ0n) is 12.7. The van der Waals surface area contributed by atoms with Crippen molar-refractivity contribution in [2.75, 3.05) is 39.9 Å². The Morgan fingerprint density at radius 2 is 1.94 bits per heavy atom. The van der Waals surface area contributed by atoms with Gasteiger partial charge in [-0.1, -0.05) is 20.8 Å². The smallest absolute Gasteiger partial charge is 0.0593 e. The zero-order valence-corrected chi connectivity index (χ0v) is 12.7. The third-order valence-electron chi connectivity index (χ3n) is 3.37. The van der Waals surface area contributed by atoms with E-state index in [1.807, 2.05) is 6.92 Å². The van der Waals surface area contributed by atoms with Crippen molar-refractivity contribution in [1.82, 2.24) is 10.2 Å². The summed E-state index contributed by atoms with van der Waals surface area (Å²) in [7, 11) is 2.17. The fourth-order valence-corrected chi connectivity index (χ4v) is 1.91. The van der Waals surface area contributed by atoms with Crippen molar-refractivity contribution >= 4 is 0 Å². The monoisotopic (exact) mass is 244 g/mol. The average molecular weight is 244 g/mol. The maximum atomic E-state index is 5.39. The highest BCUT2D eigenvalue weighted by Gasteiger charge is 2.26. The summed E-state index contributed by atoms with van der Waals surface area (Å²) in [6.07, 6.45) is 1.20. The van der Waals surface area contributed by atoms with Crippen molar-refractivity contribution in [3.05, 3.63) is 0 Å². The van der Waals surface area contributed by atoms with Gasteiger partial charge in [-0.25, -0.2) is 0 Å². The lowest BCUT2D eigenvalue weighted by molar-refractivity contribution is 0.0985. The summed E-state index contributed by atoms with van der Waals surface area (Å²) in [6, 6.07) is 0.539. The molecule has 0 aliphatic heterocycles. The lowest BCUT2D eigenvalue weighted by atomic mass is 9.84. The second kappa shape index (κ2) is 8.90. The van der Waals surface area contributed by atoms with Crippen LogP contribution in [0.4, 0.5) is 0 Å². The minimum Gasteiger partial charge on any atom is -0.380 e. The van der Waals surface area contributed by atoms with Gasteiger partial charge < -0.3 is 15.0 Å². The van der Waals surface area contributed by atoms with Crippen molar-refractivity contribution in [3.63, 3.8) is 0 Å². The number of nitrogens with zero attached hydrogens (tertiary/aromatic N) is 1. The molecule has 0 radical (unpaired) electrons. The van der Waals surface area contributed by atoms with Crippen LogP contribution in [0.25, 0.3) is 0 Å². The highest BCUT2D eigenvalue weighted by Crippen LogP contribution is 2.21. The van der Waals surface area contributed by atoms with Gasteiger partial charge in [0, 0.05) is 25.7 Å². The molecule has 0 fully saturated rings. The zero-order chi connectivity index (χ0) is 13.3. The number of nitrogens with one attached hydrogen (secondary N) is 1. The van der Waals surface area contributed by atoms with Gasteiger partial charge in [-0.2, -0.15) is 0 Å². The third-order valence-corrected chi connectivity index (χ3v) is 3.37. The predicted molar refractivity (Wildman–Crippen MR) is 75.5 cm³/mol. The molecular formula is C14H32N2O. The molecule has 0 aromatic rings. The molecule has 0 saturated heterocycles. The Bertz CT molecular complexity index is 183. The Kier molecular flexibility index (Phi) is 8.83. The van der Waals surface area contributed by atoms with E-state index in [4.69, 9.17) is 4.74 Å². The Morgan fingerprint density at radius 3 is 2.47 bits per heavy atom. The topological polar surface area (TPSA) is 24.5 Å². The van der Waals surface area contributed by atoms with Crippen LogP contribution in [0.15, 0.2) is 0 Å². The van der Waals surface area contributed by atoms with Crippen LogP contribution in [0.5, 0.6) is 0 Å². The number of hydrogen-bond acceptors (Lipinski definition) is 3. The van der Waals surface area contributed by atoms with Crippen LogP contribution >= 0.6 is 0 Å². The fraction of sp³-hybridized carbons (Fsp3) is 1.00. The molecule has 17 heavy (non-hydrogen) atoms. The Labute approximate surface area is 108 Å². The summed E-state index contributed by atoms with van der Waals surface area (Å²) >= 11 is 0. The molecular weight excluding hydrogens is 212 g/mol. The maximum Gasteiger partial charge on any atom is 0.0593 e. The largest absolute Gasteiger partial charge is 0.380 e. The van der Waals surface area contributed by atoms with Gasteiger partial charge >= 0.3 is 0 Å². The Morgan fingerprint density at radius 1 is 1.29 bits per heavy atom. The molecule has 104 valence electrons. The van der Waals surface area contributed by atoms with E-state index in [0.29, 0.717) is 6.04 Å². The van der Waals surface area contributed by atoms with E-state index in [0.717, 1.165) is 32.8 Å². The van der Waals surface area contributed by atoms with Crippen molar-refractivity contribution < 1.29 is 4.74 Å². The summed E-state index contributed by atoms with van der Waals surface area (Å²) in [5.41, 5.74) is 0.288. The first-order chi connectivity index (χ1) is 7.94. The third kappa shape index (κ3) is 7.74. The van der Waals surface area contributed by atoms with Gasteiger partial charge in [0.05, 0.1) is 6.61 Å². The molecule has 0 bridgehead atoms.